The van der Waals surface area contributed by atoms with Crippen LogP contribution < -0.4 is 11.1 Å². The molecule has 0 fully saturated rings. The van der Waals surface area contributed by atoms with Crippen molar-refractivity contribution in [2.45, 2.75) is 0 Å². The molecule has 0 spiro atoms. The smallest absolute Gasteiger partial charge is 0.131 e. The molecule has 0 aliphatic heterocycles. The fourth-order valence-corrected chi connectivity index (χ4v) is 1.93. The van der Waals surface area contributed by atoms with E-state index in [-0.39, 0.29) is 10.8 Å². The summed E-state index contributed by atoms with van der Waals surface area (Å²) in [6, 6.07) is 9.66. The number of thiocarbonyl (C=S) groups is 1. The number of halogens is 2. The number of hydrogen-bond acceptors (Lipinski definition) is 3. The molecule has 0 saturated heterocycles. The van der Waals surface area contributed by atoms with E-state index < -0.39 is 0 Å². The first-order chi connectivity index (χ1) is 8.56. The van der Waals surface area contributed by atoms with Gasteiger partial charge in [0.1, 0.15) is 16.6 Å². The molecule has 1 aromatic heterocycles. The molecular formula is C12H9BrFN3S. The molecule has 18 heavy (non-hydrogen) atoms. The van der Waals surface area contributed by atoms with Crippen molar-refractivity contribution in [3.05, 3.63) is 52.4 Å². The molecule has 92 valence electrons. The van der Waals surface area contributed by atoms with Gasteiger partial charge in [0.05, 0.1) is 11.4 Å². The Bertz CT molecular complexity index is 604. The molecule has 3 nitrogen and oxygen atoms in total. The van der Waals surface area contributed by atoms with Crippen molar-refractivity contribution in [3.63, 3.8) is 0 Å². The highest BCUT2D eigenvalue weighted by Gasteiger charge is 2.04. The molecule has 0 bridgehead atoms. The van der Waals surface area contributed by atoms with E-state index in [4.69, 9.17) is 18.0 Å². The molecule has 1 heterocycles. The molecular weight excluding hydrogens is 317 g/mol. The molecule has 0 amide bonds. The Labute approximate surface area is 117 Å². The second kappa shape index (κ2) is 5.41. The van der Waals surface area contributed by atoms with Crippen LogP contribution in [-0.4, -0.2) is 9.97 Å². The monoisotopic (exact) mass is 325 g/mol. The summed E-state index contributed by atoms with van der Waals surface area (Å²) in [5, 5.41) is 3.05. The van der Waals surface area contributed by atoms with E-state index in [0.29, 0.717) is 21.7 Å². The summed E-state index contributed by atoms with van der Waals surface area (Å²) in [6.07, 6.45) is 0. The number of nitrogens with one attached hydrogen (secondary N) is 1. The minimum Gasteiger partial charge on any atom is -0.388 e. The van der Waals surface area contributed by atoms with Gasteiger partial charge in [-0.3, -0.25) is 0 Å². The zero-order chi connectivity index (χ0) is 13.1. The minimum absolute atomic E-state index is 0.233. The maximum absolute atomic E-state index is 12.9. The van der Waals surface area contributed by atoms with Crippen molar-refractivity contribution in [1.82, 2.24) is 4.98 Å². The van der Waals surface area contributed by atoms with E-state index in [0.717, 1.165) is 0 Å². The minimum atomic E-state index is -0.308. The third-order valence-electron chi connectivity index (χ3n) is 2.20. The van der Waals surface area contributed by atoms with Gasteiger partial charge in [0.2, 0.25) is 0 Å². The Morgan fingerprint density at radius 3 is 2.78 bits per heavy atom. The van der Waals surface area contributed by atoms with Crippen molar-refractivity contribution in [1.29, 1.82) is 0 Å². The Hall–Kier alpha value is -1.53. The first kappa shape index (κ1) is 12.9. The van der Waals surface area contributed by atoms with E-state index in [1.807, 2.05) is 0 Å². The highest BCUT2D eigenvalue weighted by Crippen LogP contribution is 2.25. The van der Waals surface area contributed by atoms with E-state index in [1.54, 1.807) is 24.3 Å². The fraction of sp³-hybridized carbons (Fsp3) is 0. The zero-order valence-electron chi connectivity index (χ0n) is 9.15. The van der Waals surface area contributed by atoms with Gasteiger partial charge in [0.15, 0.2) is 0 Å². The van der Waals surface area contributed by atoms with E-state index in [2.05, 4.69) is 26.2 Å². The van der Waals surface area contributed by atoms with Crippen LogP contribution >= 0.6 is 28.1 Å². The molecule has 2 aromatic rings. The number of nitrogens with two attached hydrogens (primary N) is 1. The van der Waals surface area contributed by atoms with Crippen molar-refractivity contribution >= 4 is 44.6 Å². The van der Waals surface area contributed by atoms with Crippen LogP contribution in [0.1, 0.15) is 5.69 Å². The summed E-state index contributed by atoms with van der Waals surface area (Å²) < 4.78 is 13.6. The summed E-state index contributed by atoms with van der Waals surface area (Å²) in [6.45, 7) is 0. The standard InChI is InChI=1S/C12H9BrFN3S/c13-8-6-7(14)4-5-9(8)16-11-3-1-2-10(17-11)12(15)18/h1-6H,(H2,15,18)(H,16,17). The largest absolute Gasteiger partial charge is 0.388 e. The molecule has 0 aliphatic rings. The maximum atomic E-state index is 12.9. The van der Waals surface area contributed by atoms with Crippen LogP contribution in [-0.2, 0) is 0 Å². The summed E-state index contributed by atoms with van der Waals surface area (Å²) in [5.41, 5.74) is 6.76. The third kappa shape index (κ3) is 3.02. The molecule has 0 unspecified atom stereocenters. The van der Waals surface area contributed by atoms with Crippen molar-refractivity contribution in [3.8, 4) is 0 Å². The van der Waals surface area contributed by atoms with Gasteiger partial charge in [0.25, 0.3) is 0 Å². The number of hydrogen-bond donors (Lipinski definition) is 2. The summed E-state index contributed by atoms with van der Waals surface area (Å²) in [5.74, 6) is 0.282. The van der Waals surface area contributed by atoms with Gasteiger partial charge < -0.3 is 11.1 Å². The normalized spacial score (nSPS) is 10.1. The van der Waals surface area contributed by atoms with Crippen LogP contribution in [0.3, 0.4) is 0 Å². The number of pyridine rings is 1. The molecule has 6 heteroatoms. The Balaban J connectivity index is 2.28. The number of nitrogens with zero attached hydrogens (tertiary/aromatic N) is 1. The number of aromatic nitrogens is 1. The molecule has 0 aliphatic carbocycles. The van der Waals surface area contributed by atoms with Gasteiger partial charge in [0, 0.05) is 4.47 Å². The predicted molar refractivity (Wildman–Crippen MR) is 77.5 cm³/mol. The molecule has 0 atom stereocenters. The van der Waals surface area contributed by atoms with E-state index >= 15 is 0 Å². The van der Waals surface area contributed by atoms with Gasteiger partial charge in [-0.2, -0.15) is 0 Å². The lowest BCUT2D eigenvalue weighted by atomic mass is 10.3. The SMILES string of the molecule is NC(=S)c1cccc(Nc2ccc(F)cc2Br)n1. The van der Waals surface area contributed by atoms with Crippen LogP contribution in [0.15, 0.2) is 40.9 Å². The molecule has 0 saturated carbocycles. The van der Waals surface area contributed by atoms with Crippen molar-refractivity contribution in [2.75, 3.05) is 5.32 Å². The number of rotatable bonds is 3. The summed E-state index contributed by atoms with van der Waals surface area (Å²) in [4.78, 5) is 4.47. The zero-order valence-corrected chi connectivity index (χ0v) is 11.6. The quantitative estimate of drug-likeness (QED) is 0.849. The molecule has 3 N–H and O–H groups in total. The lowest BCUT2D eigenvalue weighted by molar-refractivity contribution is 0.627. The Kier molecular flexibility index (Phi) is 3.88. The van der Waals surface area contributed by atoms with Crippen molar-refractivity contribution in [2.24, 2.45) is 5.73 Å². The Morgan fingerprint density at radius 1 is 1.33 bits per heavy atom. The topological polar surface area (TPSA) is 50.9 Å². The van der Waals surface area contributed by atoms with E-state index in [1.165, 1.54) is 12.1 Å². The van der Waals surface area contributed by atoms with Crippen LogP contribution in [0.5, 0.6) is 0 Å². The third-order valence-corrected chi connectivity index (χ3v) is 3.06. The van der Waals surface area contributed by atoms with E-state index in [9.17, 15) is 4.39 Å². The Morgan fingerprint density at radius 2 is 2.11 bits per heavy atom. The summed E-state index contributed by atoms with van der Waals surface area (Å²) in [7, 11) is 0. The van der Waals surface area contributed by atoms with Crippen LogP contribution in [0, 0.1) is 5.82 Å². The number of benzene rings is 1. The first-order valence-electron chi connectivity index (χ1n) is 5.05. The average Bonchev–Trinajstić information content (AvgIpc) is 2.33. The van der Waals surface area contributed by atoms with Crippen LogP contribution in [0.25, 0.3) is 0 Å². The lowest BCUT2D eigenvalue weighted by Crippen LogP contribution is -2.12. The first-order valence-corrected chi connectivity index (χ1v) is 6.25. The molecule has 0 radical (unpaired) electrons. The highest BCUT2D eigenvalue weighted by molar-refractivity contribution is 9.10. The molecule has 2 rings (SSSR count). The second-order valence-electron chi connectivity index (χ2n) is 3.52. The fourth-order valence-electron chi connectivity index (χ4n) is 1.37. The maximum Gasteiger partial charge on any atom is 0.131 e. The lowest BCUT2D eigenvalue weighted by Gasteiger charge is -2.08. The molecule has 1 aromatic carbocycles. The highest BCUT2D eigenvalue weighted by atomic mass is 79.9. The van der Waals surface area contributed by atoms with Crippen molar-refractivity contribution < 1.29 is 4.39 Å². The van der Waals surface area contributed by atoms with Gasteiger partial charge in [-0.05, 0) is 46.3 Å². The van der Waals surface area contributed by atoms with Gasteiger partial charge in [-0.25, -0.2) is 9.37 Å². The average molecular weight is 326 g/mol. The van der Waals surface area contributed by atoms with Crippen LogP contribution in [0.4, 0.5) is 15.9 Å². The van der Waals surface area contributed by atoms with Gasteiger partial charge in [-0.15, -0.1) is 0 Å². The van der Waals surface area contributed by atoms with Gasteiger partial charge in [-0.1, -0.05) is 18.3 Å². The number of anilines is 2. The predicted octanol–water partition coefficient (Wildman–Crippen LogP) is 3.36. The van der Waals surface area contributed by atoms with Crippen LogP contribution in [0.2, 0.25) is 0 Å². The van der Waals surface area contributed by atoms with Gasteiger partial charge >= 0.3 is 0 Å². The second-order valence-corrected chi connectivity index (χ2v) is 4.82. The summed E-state index contributed by atoms with van der Waals surface area (Å²) >= 11 is 8.13.